The first-order valence-electron chi connectivity index (χ1n) is 2.07. The maximum absolute atomic E-state index is 8.33. The quantitative estimate of drug-likeness (QED) is 0.403. The monoisotopic (exact) mass is 132 g/mol. The molecule has 0 aromatic carbocycles. The number of aliphatic hydroxyl groups is 1. The Kier molecular flexibility index (Phi) is 11.3. The second-order valence-electron chi connectivity index (χ2n) is 1.05. The fraction of sp³-hybridized carbons (Fsp3) is 1.00. The van der Waals surface area contributed by atoms with Crippen LogP contribution in [-0.4, -0.2) is 55.7 Å². The minimum absolute atomic E-state index is 0. The Morgan fingerprint density at radius 3 is 2.14 bits per heavy atom. The molecular formula is C4H12CaO2. The van der Waals surface area contributed by atoms with Gasteiger partial charge in [-0.25, -0.2) is 0 Å². The van der Waals surface area contributed by atoms with E-state index < -0.39 is 6.29 Å². The van der Waals surface area contributed by atoms with Gasteiger partial charge in [-0.3, -0.25) is 0 Å². The summed E-state index contributed by atoms with van der Waals surface area (Å²) in [6, 6.07) is 0. The molecule has 0 saturated heterocycles. The zero-order valence-corrected chi connectivity index (χ0v) is 4.14. The van der Waals surface area contributed by atoms with Gasteiger partial charge in [0.05, 0.1) is 0 Å². The van der Waals surface area contributed by atoms with E-state index >= 15 is 0 Å². The fourth-order valence-electron chi connectivity index (χ4n) is 0.241. The summed E-state index contributed by atoms with van der Waals surface area (Å²) in [5.74, 6) is 0. The summed E-state index contributed by atoms with van der Waals surface area (Å²) in [5.41, 5.74) is 0. The first-order valence-corrected chi connectivity index (χ1v) is 2.07. The van der Waals surface area contributed by atoms with Crippen LogP contribution >= 0.6 is 0 Å². The fourth-order valence-corrected chi connectivity index (χ4v) is 0.241. The maximum atomic E-state index is 8.33. The molecule has 1 N–H and O–H groups in total. The molecule has 0 radical (unpaired) electrons. The molecule has 3 heteroatoms. The second kappa shape index (κ2) is 7.18. The van der Waals surface area contributed by atoms with Gasteiger partial charge < -0.3 is 9.84 Å². The van der Waals surface area contributed by atoms with E-state index in [2.05, 4.69) is 4.74 Å². The van der Waals surface area contributed by atoms with Crippen LogP contribution in [0.3, 0.4) is 0 Å². The molecule has 0 heterocycles. The zero-order chi connectivity index (χ0) is 4.99. The molecule has 0 amide bonds. The van der Waals surface area contributed by atoms with Crippen molar-refractivity contribution < 1.29 is 9.84 Å². The van der Waals surface area contributed by atoms with Crippen LogP contribution in [0, 0.1) is 0 Å². The molecule has 0 aliphatic carbocycles. The average molecular weight is 132 g/mol. The van der Waals surface area contributed by atoms with E-state index in [-0.39, 0.29) is 37.7 Å². The predicted molar refractivity (Wildman–Crippen MR) is 31.9 cm³/mol. The van der Waals surface area contributed by atoms with Crippen molar-refractivity contribution in [2.45, 2.75) is 20.1 Å². The Hall–Kier alpha value is 1.18. The molecule has 0 rings (SSSR count). The molecule has 0 fully saturated rings. The van der Waals surface area contributed by atoms with E-state index in [1.54, 1.807) is 6.92 Å². The molecule has 0 aliphatic heterocycles. The summed E-state index contributed by atoms with van der Waals surface area (Å²) in [4.78, 5) is 0. The minimum atomic E-state index is -0.602. The first-order chi connectivity index (χ1) is 2.77. The number of rotatable bonds is 2. The molecule has 42 valence electrons. The van der Waals surface area contributed by atoms with Crippen LogP contribution < -0.4 is 0 Å². The van der Waals surface area contributed by atoms with Crippen molar-refractivity contribution in [3.63, 3.8) is 0 Å². The molecule has 7 heavy (non-hydrogen) atoms. The Morgan fingerprint density at radius 1 is 1.71 bits per heavy atom. The SMILES string of the molecule is CCOC(C)O.[CaH2]. The normalized spacial score (nSPS) is 12.4. The van der Waals surface area contributed by atoms with Gasteiger partial charge in [-0.05, 0) is 13.8 Å². The molecule has 0 spiro atoms. The van der Waals surface area contributed by atoms with Crippen molar-refractivity contribution in [2.24, 2.45) is 0 Å². The van der Waals surface area contributed by atoms with Crippen LogP contribution in [0.2, 0.25) is 0 Å². The summed E-state index contributed by atoms with van der Waals surface area (Å²) >= 11 is 0. The van der Waals surface area contributed by atoms with Crippen LogP contribution in [0.5, 0.6) is 0 Å². The molecule has 0 aromatic heterocycles. The van der Waals surface area contributed by atoms with Crippen LogP contribution in [0.4, 0.5) is 0 Å². The van der Waals surface area contributed by atoms with Crippen molar-refractivity contribution in [3.05, 3.63) is 0 Å². The summed E-state index contributed by atoms with van der Waals surface area (Å²) in [6.07, 6.45) is -0.602. The summed E-state index contributed by atoms with van der Waals surface area (Å²) in [5, 5.41) is 8.33. The molecule has 0 aliphatic rings. The van der Waals surface area contributed by atoms with Gasteiger partial charge in [0.1, 0.15) is 0 Å². The van der Waals surface area contributed by atoms with Crippen molar-refractivity contribution in [3.8, 4) is 0 Å². The van der Waals surface area contributed by atoms with Gasteiger partial charge in [-0.1, -0.05) is 0 Å². The van der Waals surface area contributed by atoms with Gasteiger partial charge in [-0.15, -0.1) is 0 Å². The first kappa shape index (κ1) is 11.0. The van der Waals surface area contributed by atoms with Crippen LogP contribution in [0.1, 0.15) is 13.8 Å². The van der Waals surface area contributed by atoms with E-state index in [1.807, 2.05) is 6.92 Å². The van der Waals surface area contributed by atoms with Gasteiger partial charge in [0.2, 0.25) is 0 Å². The Labute approximate surface area is 73.9 Å². The standard InChI is InChI=1S/C4H10O2.Ca.2H/c1-3-6-4(2)5;;;/h4-5H,3H2,1-2H3;;;. The molecule has 0 saturated carbocycles. The molecule has 2 nitrogen and oxygen atoms in total. The van der Waals surface area contributed by atoms with E-state index in [0.717, 1.165) is 0 Å². The Morgan fingerprint density at radius 2 is 2.14 bits per heavy atom. The molecule has 0 bridgehead atoms. The van der Waals surface area contributed by atoms with Crippen molar-refractivity contribution in [1.82, 2.24) is 0 Å². The number of aliphatic hydroxyl groups excluding tert-OH is 1. The third-order valence-corrected chi connectivity index (χ3v) is 0.408. The molecule has 1 unspecified atom stereocenters. The van der Waals surface area contributed by atoms with E-state index in [9.17, 15) is 0 Å². The molecular weight excluding hydrogens is 120 g/mol. The third kappa shape index (κ3) is 11.0. The van der Waals surface area contributed by atoms with Crippen LogP contribution in [0.25, 0.3) is 0 Å². The molecule has 0 aromatic rings. The van der Waals surface area contributed by atoms with Gasteiger partial charge in [-0.2, -0.15) is 0 Å². The zero-order valence-electron chi connectivity index (χ0n) is 4.14. The predicted octanol–water partition coefficient (Wildman–Crippen LogP) is -0.555. The number of ether oxygens (including phenoxy) is 1. The average Bonchev–Trinajstić information content (AvgIpc) is 1.35. The van der Waals surface area contributed by atoms with E-state index in [0.29, 0.717) is 6.61 Å². The summed E-state index contributed by atoms with van der Waals surface area (Å²) in [6.45, 7) is 4.01. The van der Waals surface area contributed by atoms with Gasteiger partial charge in [0.15, 0.2) is 6.29 Å². The summed E-state index contributed by atoms with van der Waals surface area (Å²) in [7, 11) is 0. The van der Waals surface area contributed by atoms with Crippen LogP contribution in [-0.2, 0) is 4.74 Å². The van der Waals surface area contributed by atoms with Crippen LogP contribution in [0.15, 0.2) is 0 Å². The second-order valence-corrected chi connectivity index (χ2v) is 1.05. The van der Waals surface area contributed by atoms with Crippen molar-refractivity contribution >= 4 is 37.7 Å². The van der Waals surface area contributed by atoms with Gasteiger partial charge >= 0.3 is 37.7 Å². The van der Waals surface area contributed by atoms with E-state index in [1.165, 1.54) is 0 Å². The Balaban J connectivity index is 0. The van der Waals surface area contributed by atoms with Gasteiger partial charge in [0, 0.05) is 6.61 Å². The number of hydrogen-bond acceptors (Lipinski definition) is 2. The Bertz CT molecular complexity index is 30.9. The number of hydrogen-bond donors (Lipinski definition) is 1. The third-order valence-electron chi connectivity index (χ3n) is 0.408. The summed E-state index contributed by atoms with van der Waals surface area (Å²) < 4.78 is 4.60. The van der Waals surface area contributed by atoms with E-state index in [4.69, 9.17) is 5.11 Å². The molecule has 1 atom stereocenters. The van der Waals surface area contributed by atoms with Crippen molar-refractivity contribution in [1.29, 1.82) is 0 Å². The van der Waals surface area contributed by atoms with Gasteiger partial charge in [0.25, 0.3) is 0 Å². The topological polar surface area (TPSA) is 29.5 Å². The van der Waals surface area contributed by atoms with Crippen molar-refractivity contribution in [2.75, 3.05) is 6.61 Å².